The first-order valence-electron chi connectivity index (χ1n) is 3.76. The van der Waals surface area contributed by atoms with Gasteiger partial charge in [-0.3, -0.25) is 9.59 Å². The maximum atomic E-state index is 10.1. The number of hydrogen-bond acceptors (Lipinski definition) is 6. The van der Waals surface area contributed by atoms with Crippen molar-refractivity contribution < 1.29 is 20.0 Å². The van der Waals surface area contributed by atoms with Crippen LogP contribution in [0.3, 0.4) is 0 Å². The Morgan fingerprint density at radius 3 is 1.00 bits per heavy atom. The first-order valence-corrected chi connectivity index (χ1v) is 3.76. The van der Waals surface area contributed by atoms with Crippen LogP contribution >= 0.6 is 0 Å². The fourth-order valence-electron chi connectivity index (χ4n) is 0.141. The molecule has 0 aliphatic rings. The molecule has 0 atom stereocenters. The molecule has 0 fully saturated rings. The Hall–Kier alpha value is -0.798. The molecule has 4 radical (unpaired) electrons. The zero-order chi connectivity index (χ0) is 11.7. The average molecular weight is 409 g/mol. The summed E-state index contributed by atoms with van der Waals surface area (Å²) in [7, 11) is 0. The maximum Gasteiger partial charge on any atom is 0.177 e. The third-order valence-corrected chi connectivity index (χ3v) is 1.32. The monoisotopic (exact) mass is 410 g/mol. The first-order chi connectivity index (χ1) is 6.36. The Balaban J connectivity index is -0.000000180. The normalized spacial score (nSPS) is 10.7. The van der Waals surface area contributed by atoms with Crippen molar-refractivity contribution >= 4 is 50.3 Å². The number of Topliss-reactive ketones (excluding diaryl/α,β-unsaturated/α-hetero) is 2. The van der Waals surface area contributed by atoms with E-state index in [1.807, 2.05) is 0 Å². The van der Waals surface area contributed by atoms with Gasteiger partial charge in [-0.05, 0) is 13.8 Å². The molecule has 0 heterocycles. The minimum absolute atomic E-state index is 0. The van der Waals surface area contributed by atoms with Crippen LogP contribution in [0.5, 0.6) is 0 Å². The number of carbonyl (C=O) groups excluding carboxylic acids is 2. The summed E-state index contributed by atoms with van der Waals surface area (Å²) >= 11 is 0. The molecular formula is C8H14N2O4Pb. The summed E-state index contributed by atoms with van der Waals surface area (Å²) in [5, 5.41) is 21.1. The maximum absolute atomic E-state index is 10.1. The van der Waals surface area contributed by atoms with Crippen molar-refractivity contribution in [3.8, 4) is 0 Å². The van der Waals surface area contributed by atoms with E-state index in [0.717, 1.165) is 0 Å². The van der Waals surface area contributed by atoms with Gasteiger partial charge in [-0.2, -0.15) is 0 Å². The third kappa shape index (κ3) is 13.2. The summed E-state index contributed by atoms with van der Waals surface area (Å²) in [6, 6.07) is 0. The second-order valence-electron chi connectivity index (χ2n) is 2.48. The Labute approximate surface area is 108 Å². The molecule has 0 bridgehead atoms. The van der Waals surface area contributed by atoms with Crippen molar-refractivity contribution in [1.82, 2.24) is 0 Å². The largest absolute Gasteiger partial charge is 0.411 e. The van der Waals surface area contributed by atoms with Gasteiger partial charge in [0, 0.05) is 41.1 Å². The second kappa shape index (κ2) is 11.3. The molecule has 0 aromatic heterocycles. The van der Waals surface area contributed by atoms with E-state index in [4.69, 9.17) is 10.4 Å². The molecule has 2 N–H and O–H groups in total. The predicted molar refractivity (Wildman–Crippen MR) is 56.9 cm³/mol. The summed E-state index contributed by atoms with van der Waals surface area (Å²) < 4.78 is 0. The van der Waals surface area contributed by atoms with Crippen LogP contribution in [-0.4, -0.2) is 60.7 Å². The summed E-state index contributed by atoms with van der Waals surface area (Å²) in [4.78, 5) is 20.2. The topological polar surface area (TPSA) is 99.3 Å². The van der Waals surface area contributed by atoms with E-state index in [9.17, 15) is 9.59 Å². The number of oxime groups is 2. The zero-order valence-corrected chi connectivity index (χ0v) is 13.0. The van der Waals surface area contributed by atoms with Crippen LogP contribution in [0.1, 0.15) is 27.7 Å². The molecule has 0 amide bonds. The van der Waals surface area contributed by atoms with Gasteiger partial charge < -0.3 is 10.4 Å². The summed E-state index contributed by atoms with van der Waals surface area (Å²) in [5.74, 6) is -0.412. The van der Waals surface area contributed by atoms with E-state index in [1.165, 1.54) is 27.7 Å². The SMILES string of the molecule is CC(=O)C(C)=NO.CC(=O)C(C)=NO.[Pb]. The van der Waals surface area contributed by atoms with E-state index in [0.29, 0.717) is 0 Å². The van der Waals surface area contributed by atoms with E-state index in [2.05, 4.69) is 10.3 Å². The smallest absolute Gasteiger partial charge is 0.177 e. The number of nitrogens with zero attached hydrogens (tertiary/aromatic N) is 2. The molecule has 84 valence electrons. The number of rotatable bonds is 2. The fraction of sp³-hybridized carbons (Fsp3) is 0.500. The molecule has 0 spiro atoms. The van der Waals surface area contributed by atoms with Crippen LogP contribution in [0.25, 0.3) is 0 Å². The van der Waals surface area contributed by atoms with Crippen LogP contribution in [0, 0.1) is 0 Å². The van der Waals surface area contributed by atoms with Gasteiger partial charge in [0.25, 0.3) is 0 Å². The zero-order valence-electron chi connectivity index (χ0n) is 9.11. The number of ketones is 2. The van der Waals surface area contributed by atoms with Crippen LogP contribution in [0.15, 0.2) is 10.3 Å². The van der Waals surface area contributed by atoms with E-state index in [1.54, 1.807) is 0 Å². The Morgan fingerprint density at radius 2 is 1.00 bits per heavy atom. The van der Waals surface area contributed by atoms with Gasteiger partial charge in [-0.1, -0.05) is 10.3 Å². The van der Waals surface area contributed by atoms with Gasteiger partial charge in [-0.15, -0.1) is 0 Å². The standard InChI is InChI=1S/2C4H7NO2.Pb/c2*1-3(5-7)4(2)6;/h2*7H,1-2H3;. The summed E-state index contributed by atoms with van der Waals surface area (Å²) in [6.07, 6.45) is 0. The molecular weight excluding hydrogens is 395 g/mol. The minimum atomic E-state index is -0.206. The van der Waals surface area contributed by atoms with Gasteiger partial charge in [0.1, 0.15) is 11.4 Å². The Kier molecular flexibility index (Phi) is 14.8. The van der Waals surface area contributed by atoms with Gasteiger partial charge in [0.2, 0.25) is 0 Å². The molecule has 0 saturated heterocycles. The van der Waals surface area contributed by atoms with E-state index < -0.39 is 0 Å². The second-order valence-corrected chi connectivity index (χ2v) is 2.48. The van der Waals surface area contributed by atoms with E-state index in [-0.39, 0.29) is 50.3 Å². The van der Waals surface area contributed by atoms with Crippen LogP contribution in [0.2, 0.25) is 0 Å². The minimum Gasteiger partial charge on any atom is -0.411 e. The molecule has 0 aromatic carbocycles. The average Bonchev–Trinajstić information content (AvgIpc) is 2.15. The molecule has 6 nitrogen and oxygen atoms in total. The van der Waals surface area contributed by atoms with Crippen molar-refractivity contribution in [2.45, 2.75) is 27.7 Å². The molecule has 0 aliphatic heterocycles. The Bertz CT molecular complexity index is 246. The predicted octanol–water partition coefficient (Wildman–Crippen LogP) is 0.470. The van der Waals surface area contributed by atoms with Crippen molar-refractivity contribution in [3.63, 3.8) is 0 Å². The first kappa shape index (κ1) is 19.7. The van der Waals surface area contributed by atoms with Crippen LogP contribution in [0.4, 0.5) is 0 Å². The quantitative estimate of drug-likeness (QED) is 0.300. The van der Waals surface area contributed by atoms with Gasteiger partial charge >= 0.3 is 0 Å². The molecule has 0 aliphatic carbocycles. The Morgan fingerprint density at radius 1 is 0.800 bits per heavy atom. The van der Waals surface area contributed by atoms with Gasteiger partial charge in [-0.25, -0.2) is 0 Å². The molecule has 15 heavy (non-hydrogen) atoms. The van der Waals surface area contributed by atoms with Crippen LogP contribution < -0.4 is 0 Å². The van der Waals surface area contributed by atoms with E-state index >= 15 is 0 Å². The van der Waals surface area contributed by atoms with Crippen molar-refractivity contribution in [2.75, 3.05) is 0 Å². The molecule has 0 aromatic rings. The van der Waals surface area contributed by atoms with Crippen molar-refractivity contribution in [1.29, 1.82) is 0 Å². The van der Waals surface area contributed by atoms with Gasteiger partial charge in [0.05, 0.1) is 0 Å². The van der Waals surface area contributed by atoms with Crippen LogP contribution in [-0.2, 0) is 9.59 Å². The van der Waals surface area contributed by atoms with Crippen molar-refractivity contribution in [2.24, 2.45) is 10.3 Å². The summed E-state index contributed by atoms with van der Waals surface area (Å²) in [6.45, 7) is 5.58. The number of carbonyl (C=O) groups is 2. The summed E-state index contributed by atoms with van der Waals surface area (Å²) in [5.41, 5.74) is 0.278. The number of hydrogen-bond donors (Lipinski definition) is 2. The van der Waals surface area contributed by atoms with Crippen molar-refractivity contribution in [3.05, 3.63) is 0 Å². The molecule has 0 saturated carbocycles. The fourth-order valence-corrected chi connectivity index (χ4v) is 0.141. The third-order valence-electron chi connectivity index (χ3n) is 1.32. The molecule has 7 heteroatoms. The molecule has 0 unspecified atom stereocenters. The van der Waals surface area contributed by atoms with Gasteiger partial charge in [0.15, 0.2) is 11.6 Å². The molecule has 0 rings (SSSR count).